The second-order valence-corrected chi connectivity index (χ2v) is 9.46. The lowest BCUT2D eigenvalue weighted by molar-refractivity contribution is 0.0711. The summed E-state index contributed by atoms with van der Waals surface area (Å²) in [6.45, 7) is 0. The summed E-state index contributed by atoms with van der Waals surface area (Å²) in [6.07, 6.45) is 1.61. The summed E-state index contributed by atoms with van der Waals surface area (Å²) in [4.78, 5) is 13.1. The van der Waals surface area contributed by atoms with Gasteiger partial charge in [-0.3, -0.25) is 9.52 Å². The fraction of sp³-hybridized carbons (Fsp3) is 0.143. The molecule has 0 radical (unpaired) electrons. The highest BCUT2D eigenvalue weighted by atomic mass is 32.2. The number of nitrogens with one attached hydrogen (secondary N) is 1. The molecular weight excluding hydrogens is 425 g/mol. The zero-order valence-electron chi connectivity index (χ0n) is 15.9. The van der Waals surface area contributed by atoms with Gasteiger partial charge in [0, 0.05) is 17.7 Å². The van der Waals surface area contributed by atoms with Crippen LogP contribution < -0.4 is 4.72 Å². The number of rotatable bonds is 5. The van der Waals surface area contributed by atoms with Crippen molar-refractivity contribution >= 4 is 38.7 Å². The third-order valence-corrected chi connectivity index (χ3v) is 5.97. The molecule has 1 N–H and O–H groups in total. The minimum atomic E-state index is -3.36. The van der Waals surface area contributed by atoms with Crippen molar-refractivity contribution in [3.63, 3.8) is 0 Å². The van der Waals surface area contributed by atoms with Crippen LogP contribution in [0.4, 0.5) is 10.1 Å². The average molecular weight is 444 g/mol. The van der Waals surface area contributed by atoms with Gasteiger partial charge in [0.05, 0.1) is 18.0 Å². The van der Waals surface area contributed by atoms with E-state index in [-0.39, 0.29) is 11.9 Å². The smallest absolute Gasteiger partial charge is 0.274 e. The van der Waals surface area contributed by atoms with Gasteiger partial charge in [0.25, 0.3) is 5.91 Å². The van der Waals surface area contributed by atoms with Gasteiger partial charge in [-0.25, -0.2) is 17.8 Å². The van der Waals surface area contributed by atoms with E-state index < -0.39 is 15.8 Å². The van der Waals surface area contributed by atoms with E-state index in [1.165, 1.54) is 40.6 Å². The number of benzene rings is 2. The Bertz CT molecular complexity index is 1190. The first-order valence-electron chi connectivity index (χ1n) is 9.07. The lowest BCUT2D eigenvalue weighted by Crippen LogP contribution is -2.26. The van der Waals surface area contributed by atoms with Crippen molar-refractivity contribution in [3.8, 4) is 0 Å². The molecule has 0 saturated carbocycles. The van der Waals surface area contributed by atoms with Crippen LogP contribution in [0.5, 0.6) is 0 Å². The predicted octanol–water partition coefficient (Wildman–Crippen LogP) is 4.25. The highest BCUT2D eigenvalue weighted by Gasteiger charge is 2.33. The molecule has 1 amide bonds. The molecule has 30 heavy (non-hydrogen) atoms. The monoisotopic (exact) mass is 443 g/mol. The van der Waals surface area contributed by atoms with Crippen LogP contribution in [0.3, 0.4) is 0 Å². The Labute approximate surface area is 177 Å². The Balaban J connectivity index is 1.65. The molecule has 9 heteroatoms. The van der Waals surface area contributed by atoms with Crippen LogP contribution in [0.2, 0.25) is 0 Å². The third kappa shape index (κ3) is 4.42. The molecule has 1 unspecified atom stereocenters. The van der Waals surface area contributed by atoms with E-state index >= 15 is 0 Å². The van der Waals surface area contributed by atoms with E-state index in [0.29, 0.717) is 23.4 Å². The van der Waals surface area contributed by atoms with Crippen LogP contribution in [-0.2, 0) is 10.0 Å². The Hall–Kier alpha value is -3.04. The van der Waals surface area contributed by atoms with Crippen LogP contribution in [0.15, 0.2) is 70.5 Å². The highest BCUT2D eigenvalue weighted by molar-refractivity contribution is 7.92. The number of hydrogen-bond donors (Lipinski definition) is 1. The van der Waals surface area contributed by atoms with Gasteiger partial charge in [0.15, 0.2) is 0 Å². The van der Waals surface area contributed by atoms with Gasteiger partial charge in [0.2, 0.25) is 10.0 Å². The number of carbonyl (C=O) groups excluding carboxylic acids is 1. The Morgan fingerprint density at radius 2 is 1.83 bits per heavy atom. The largest absolute Gasteiger partial charge is 0.284 e. The van der Waals surface area contributed by atoms with E-state index in [4.69, 9.17) is 0 Å². The number of amides is 1. The summed E-state index contributed by atoms with van der Waals surface area (Å²) in [7, 11) is -3.36. The van der Waals surface area contributed by atoms with E-state index in [1.807, 2.05) is 16.8 Å². The van der Waals surface area contributed by atoms with E-state index in [0.717, 1.165) is 17.4 Å². The molecule has 1 aromatic heterocycles. The van der Waals surface area contributed by atoms with Crippen LogP contribution in [0.1, 0.15) is 33.9 Å². The number of hydrazone groups is 1. The maximum Gasteiger partial charge on any atom is 0.274 e. The summed E-state index contributed by atoms with van der Waals surface area (Å²) in [5.74, 6) is -0.717. The molecule has 0 bridgehead atoms. The number of halogens is 1. The molecular formula is C21H18FN3O3S2. The predicted molar refractivity (Wildman–Crippen MR) is 116 cm³/mol. The maximum absolute atomic E-state index is 13.3. The van der Waals surface area contributed by atoms with Gasteiger partial charge in [-0.1, -0.05) is 12.1 Å². The molecule has 2 aromatic carbocycles. The summed E-state index contributed by atoms with van der Waals surface area (Å²) < 4.78 is 38.5. The molecule has 1 aliphatic heterocycles. The molecule has 0 fully saturated rings. The van der Waals surface area contributed by atoms with Crippen LogP contribution in [0.25, 0.3) is 0 Å². The van der Waals surface area contributed by atoms with E-state index in [9.17, 15) is 17.6 Å². The Morgan fingerprint density at radius 1 is 1.13 bits per heavy atom. The quantitative estimate of drug-likeness (QED) is 0.640. The summed E-state index contributed by atoms with van der Waals surface area (Å²) in [5, 5.41) is 9.93. The van der Waals surface area contributed by atoms with Gasteiger partial charge >= 0.3 is 0 Å². The molecule has 0 spiro atoms. The first-order valence-corrected chi connectivity index (χ1v) is 11.9. The maximum atomic E-state index is 13.3. The second kappa shape index (κ2) is 8.00. The van der Waals surface area contributed by atoms with E-state index in [2.05, 4.69) is 9.82 Å². The molecule has 3 aromatic rings. The normalized spacial score (nSPS) is 16.4. The molecule has 2 heterocycles. The standard InChI is InChI=1S/C21H18FN3O3S2/c1-30(27,28)24-18-8-4-14(5-9-18)19-12-20(16-10-11-29-13-16)25(23-19)21(26)15-2-6-17(22)7-3-15/h2-11,13,20,24H,12H2,1H3. The Kier molecular flexibility index (Phi) is 5.40. The average Bonchev–Trinajstić information content (AvgIpc) is 3.37. The van der Waals surface area contributed by atoms with Gasteiger partial charge in [-0.2, -0.15) is 16.4 Å². The first kappa shape index (κ1) is 20.2. The minimum Gasteiger partial charge on any atom is -0.284 e. The van der Waals surface area contributed by atoms with Crippen molar-refractivity contribution in [2.24, 2.45) is 5.10 Å². The van der Waals surface area contributed by atoms with Gasteiger partial charge in [-0.05, 0) is 64.4 Å². The number of carbonyl (C=O) groups is 1. The van der Waals surface area contributed by atoms with E-state index in [1.54, 1.807) is 24.3 Å². The zero-order chi connectivity index (χ0) is 21.3. The van der Waals surface area contributed by atoms with Crippen molar-refractivity contribution < 1.29 is 17.6 Å². The van der Waals surface area contributed by atoms with Gasteiger partial charge < -0.3 is 0 Å². The molecule has 154 valence electrons. The van der Waals surface area contributed by atoms with Crippen molar-refractivity contribution in [2.75, 3.05) is 11.0 Å². The van der Waals surface area contributed by atoms with Crippen molar-refractivity contribution in [2.45, 2.75) is 12.5 Å². The lowest BCUT2D eigenvalue weighted by Gasteiger charge is -2.21. The third-order valence-electron chi connectivity index (χ3n) is 4.66. The summed E-state index contributed by atoms with van der Waals surface area (Å²) in [5.41, 5.74) is 3.30. The van der Waals surface area contributed by atoms with Gasteiger partial charge in [-0.15, -0.1) is 0 Å². The summed E-state index contributed by atoms with van der Waals surface area (Å²) >= 11 is 1.54. The first-order chi connectivity index (χ1) is 14.3. The Morgan fingerprint density at radius 3 is 2.43 bits per heavy atom. The number of hydrogen-bond acceptors (Lipinski definition) is 5. The van der Waals surface area contributed by atoms with Crippen LogP contribution >= 0.6 is 11.3 Å². The zero-order valence-corrected chi connectivity index (χ0v) is 17.6. The van der Waals surface area contributed by atoms with Crippen molar-refractivity contribution in [1.82, 2.24) is 5.01 Å². The minimum absolute atomic E-state index is 0.266. The fourth-order valence-corrected chi connectivity index (χ4v) is 4.54. The van der Waals surface area contributed by atoms with Gasteiger partial charge in [0.1, 0.15) is 5.82 Å². The molecule has 4 rings (SSSR count). The SMILES string of the molecule is CS(=O)(=O)Nc1ccc(C2=NN(C(=O)c3ccc(F)cc3)C(c3ccsc3)C2)cc1. The molecule has 0 aliphatic carbocycles. The second-order valence-electron chi connectivity index (χ2n) is 6.93. The molecule has 1 atom stereocenters. The lowest BCUT2D eigenvalue weighted by atomic mass is 10.00. The topological polar surface area (TPSA) is 78.8 Å². The van der Waals surface area contributed by atoms with Crippen LogP contribution in [0, 0.1) is 5.82 Å². The molecule has 0 saturated heterocycles. The molecule has 1 aliphatic rings. The van der Waals surface area contributed by atoms with Crippen LogP contribution in [-0.4, -0.2) is 31.3 Å². The van der Waals surface area contributed by atoms with Crippen molar-refractivity contribution in [1.29, 1.82) is 0 Å². The number of sulfonamides is 1. The molecule has 6 nitrogen and oxygen atoms in total. The number of anilines is 1. The number of nitrogens with zero attached hydrogens (tertiary/aromatic N) is 2. The summed E-state index contributed by atoms with van der Waals surface area (Å²) in [6, 6.07) is 13.9. The number of thiophene rings is 1. The highest BCUT2D eigenvalue weighted by Crippen LogP contribution is 2.35. The van der Waals surface area contributed by atoms with Crippen molar-refractivity contribution in [3.05, 3.63) is 87.9 Å². The fourth-order valence-electron chi connectivity index (χ4n) is 3.27.